The molecule has 148 valence electrons. The molecule has 1 unspecified atom stereocenters. The van der Waals surface area contributed by atoms with Crippen molar-refractivity contribution in [1.29, 1.82) is 0 Å². The van der Waals surface area contributed by atoms with Gasteiger partial charge in [-0.15, -0.1) is 10.2 Å². The molecule has 0 N–H and O–H groups in total. The zero-order chi connectivity index (χ0) is 19.9. The highest BCUT2D eigenvalue weighted by Crippen LogP contribution is 2.32. The van der Waals surface area contributed by atoms with Crippen LogP contribution >= 0.6 is 11.8 Å². The number of hydrogen-bond donors (Lipinski definition) is 0. The Morgan fingerprint density at radius 2 is 2.04 bits per heavy atom. The predicted octanol–water partition coefficient (Wildman–Crippen LogP) is 2.82. The fourth-order valence-corrected chi connectivity index (χ4v) is 6.01. The highest BCUT2D eigenvalue weighted by Gasteiger charge is 2.29. The summed E-state index contributed by atoms with van der Waals surface area (Å²) in [6, 6.07) is 6.96. The minimum absolute atomic E-state index is 0.0241. The smallest absolute Gasteiger partial charge is 0.297 e. The average molecular weight is 425 g/mol. The van der Waals surface area contributed by atoms with Crippen LogP contribution in [0.1, 0.15) is 24.5 Å². The third kappa shape index (κ3) is 3.86. The van der Waals surface area contributed by atoms with Crippen molar-refractivity contribution in [3.63, 3.8) is 0 Å². The maximum Gasteiger partial charge on any atom is 0.297 e. The first-order chi connectivity index (χ1) is 13.3. The van der Waals surface area contributed by atoms with Gasteiger partial charge in [-0.3, -0.25) is 0 Å². The van der Waals surface area contributed by atoms with E-state index >= 15 is 0 Å². The molecule has 1 aromatic carbocycles. The average Bonchev–Trinajstić information content (AvgIpc) is 3.17. The highest BCUT2D eigenvalue weighted by atomic mass is 32.2. The molecule has 7 nitrogen and oxygen atoms in total. The number of benzene rings is 1. The maximum atomic E-state index is 13.2. The van der Waals surface area contributed by atoms with Gasteiger partial charge in [0.1, 0.15) is 10.9 Å². The van der Waals surface area contributed by atoms with Gasteiger partial charge in [-0.05, 0) is 30.2 Å². The summed E-state index contributed by atoms with van der Waals surface area (Å²) in [5, 5.41) is 9.85. The molecule has 1 aliphatic rings. The molecule has 11 heteroatoms. The third-order valence-corrected chi connectivity index (χ3v) is 7.57. The first kappa shape index (κ1) is 19.2. The van der Waals surface area contributed by atoms with Gasteiger partial charge in [0.25, 0.3) is 6.43 Å². The highest BCUT2D eigenvalue weighted by molar-refractivity contribution is 7.99. The van der Waals surface area contributed by atoms with Crippen LogP contribution in [0, 0.1) is 5.92 Å². The molecule has 0 bridgehead atoms. The lowest BCUT2D eigenvalue weighted by Crippen LogP contribution is -2.11. The van der Waals surface area contributed by atoms with E-state index < -0.39 is 22.1 Å². The van der Waals surface area contributed by atoms with E-state index in [1.165, 1.54) is 0 Å². The van der Waals surface area contributed by atoms with E-state index in [1.807, 2.05) is 0 Å². The summed E-state index contributed by atoms with van der Waals surface area (Å²) >= 11 is 1.14. The van der Waals surface area contributed by atoms with Crippen LogP contribution in [0.2, 0.25) is 0 Å². The molecule has 4 rings (SSSR count). The van der Waals surface area contributed by atoms with E-state index in [1.54, 1.807) is 35.9 Å². The number of sulfone groups is 1. The van der Waals surface area contributed by atoms with Gasteiger partial charge < -0.3 is 4.57 Å². The fourth-order valence-electron chi connectivity index (χ4n) is 3.23. The number of para-hydroxylation sites is 1. The van der Waals surface area contributed by atoms with Crippen molar-refractivity contribution in [2.24, 2.45) is 13.0 Å². The van der Waals surface area contributed by atoms with Gasteiger partial charge in [0.15, 0.2) is 20.8 Å². The maximum absolute atomic E-state index is 13.2. The lowest BCUT2D eigenvalue weighted by Gasteiger charge is -2.09. The Hall–Kier alpha value is -2.14. The van der Waals surface area contributed by atoms with E-state index in [-0.39, 0.29) is 17.4 Å². The van der Waals surface area contributed by atoms with Crippen LogP contribution in [-0.4, -0.2) is 44.7 Å². The van der Waals surface area contributed by atoms with E-state index in [2.05, 4.69) is 20.2 Å². The number of fused-ring (bicyclic) bond motifs is 1. The minimum Gasteiger partial charge on any atom is -0.309 e. The van der Waals surface area contributed by atoms with Crippen LogP contribution in [0.25, 0.3) is 10.9 Å². The van der Waals surface area contributed by atoms with Crippen molar-refractivity contribution >= 4 is 32.5 Å². The van der Waals surface area contributed by atoms with E-state index in [0.717, 1.165) is 11.8 Å². The second-order valence-corrected chi connectivity index (χ2v) is 9.92. The topological polar surface area (TPSA) is 90.6 Å². The molecular formula is C17H17F2N5O2S2. The van der Waals surface area contributed by atoms with E-state index in [0.29, 0.717) is 39.8 Å². The Kier molecular flexibility index (Phi) is 5.04. The monoisotopic (exact) mass is 425 g/mol. The molecular weight excluding hydrogens is 408 g/mol. The quantitative estimate of drug-likeness (QED) is 0.581. The molecule has 1 atom stereocenters. The van der Waals surface area contributed by atoms with Crippen LogP contribution in [0.15, 0.2) is 34.4 Å². The standard InChI is InChI=1S/C17H17F2N5O2S2/c1-24-13(8-10-6-7-28(25,26)9-10)22-23-17(24)27-16-11-4-2-3-5-12(11)20-15(21-16)14(18)19/h2-5,10,14H,6-9H2,1H3. The lowest BCUT2D eigenvalue weighted by molar-refractivity contribution is 0.140. The summed E-state index contributed by atoms with van der Waals surface area (Å²) < 4.78 is 51.4. The molecule has 0 spiro atoms. The van der Waals surface area contributed by atoms with Gasteiger partial charge in [0.2, 0.25) is 0 Å². The Labute approximate surface area is 164 Å². The van der Waals surface area contributed by atoms with Crippen molar-refractivity contribution in [3.05, 3.63) is 35.9 Å². The molecule has 28 heavy (non-hydrogen) atoms. The molecule has 0 aliphatic carbocycles. The number of halogens is 2. The SMILES string of the molecule is Cn1c(CC2CCS(=O)(=O)C2)nnc1Sc1nc(C(F)F)nc2ccccc12. The second kappa shape index (κ2) is 7.36. The molecule has 3 heterocycles. The lowest BCUT2D eigenvalue weighted by atomic mass is 10.1. The van der Waals surface area contributed by atoms with Crippen LogP contribution < -0.4 is 0 Å². The molecule has 0 amide bonds. The first-order valence-corrected chi connectivity index (χ1v) is 11.3. The van der Waals surface area contributed by atoms with Gasteiger partial charge in [-0.2, -0.15) is 0 Å². The molecule has 3 aromatic rings. The summed E-state index contributed by atoms with van der Waals surface area (Å²) in [6.45, 7) is 0. The summed E-state index contributed by atoms with van der Waals surface area (Å²) in [4.78, 5) is 7.92. The number of aromatic nitrogens is 5. The molecule has 1 aliphatic heterocycles. The molecule has 0 radical (unpaired) electrons. The van der Waals surface area contributed by atoms with Gasteiger partial charge >= 0.3 is 0 Å². The van der Waals surface area contributed by atoms with Crippen molar-refractivity contribution in [1.82, 2.24) is 24.7 Å². The number of rotatable bonds is 5. The Morgan fingerprint density at radius 1 is 1.25 bits per heavy atom. The van der Waals surface area contributed by atoms with Crippen LogP contribution in [0.5, 0.6) is 0 Å². The molecule has 1 fully saturated rings. The van der Waals surface area contributed by atoms with Crippen LogP contribution in [-0.2, 0) is 23.3 Å². The van der Waals surface area contributed by atoms with Gasteiger partial charge in [-0.1, -0.05) is 18.2 Å². The summed E-state index contributed by atoms with van der Waals surface area (Å²) in [5.74, 6) is 0.532. The largest absolute Gasteiger partial charge is 0.309 e. The zero-order valence-corrected chi connectivity index (χ0v) is 16.6. The van der Waals surface area contributed by atoms with E-state index in [4.69, 9.17) is 0 Å². The van der Waals surface area contributed by atoms with Crippen LogP contribution in [0.4, 0.5) is 8.78 Å². The van der Waals surface area contributed by atoms with Crippen molar-refractivity contribution in [2.45, 2.75) is 29.4 Å². The second-order valence-electron chi connectivity index (χ2n) is 6.74. The fraction of sp³-hybridized carbons (Fsp3) is 0.412. The number of hydrogen-bond acceptors (Lipinski definition) is 7. The minimum atomic E-state index is -2.96. The summed E-state index contributed by atoms with van der Waals surface area (Å²) in [6.07, 6.45) is -1.65. The van der Waals surface area contributed by atoms with Gasteiger partial charge in [0, 0.05) is 18.9 Å². The van der Waals surface area contributed by atoms with Crippen molar-refractivity contribution < 1.29 is 17.2 Å². The van der Waals surface area contributed by atoms with Crippen molar-refractivity contribution in [3.8, 4) is 0 Å². The summed E-state index contributed by atoms with van der Waals surface area (Å²) in [7, 11) is -1.18. The summed E-state index contributed by atoms with van der Waals surface area (Å²) in [5.41, 5.74) is 0.439. The molecule has 0 saturated carbocycles. The first-order valence-electron chi connectivity index (χ1n) is 8.64. The Balaban J connectivity index is 1.62. The normalized spacial score (nSPS) is 18.9. The third-order valence-electron chi connectivity index (χ3n) is 4.69. The van der Waals surface area contributed by atoms with Gasteiger partial charge in [-0.25, -0.2) is 27.2 Å². The van der Waals surface area contributed by atoms with Crippen molar-refractivity contribution in [2.75, 3.05) is 11.5 Å². The molecule has 1 saturated heterocycles. The predicted molar refractivity (Wildman–Crippen MR) is 100 cm³/mol. The number of nitrogens with zero attached hydrogens (tertiary/aromatic N) is 5. The Morgan fingerprint density at radius 3 is 2.75 bits per heavy atom. The number of alkyl halides is 2. The Bertz CT molecular complexity index is 1130. The van der Waals surface area contributed by atoms with Crippen LogP contribution in [0.3, 0.4) is 0 Å². The van der Waals surface area contributed by atoms with E-state index in [9.17, 15) is 17.2 Å². The molecule has 2 aromatic heterocycles. The van der Waals surface area contributed by atoms with Gasteiger partial charge in [0.05, 0.1) is 17.0 Å². The zero-order valence-electron chi connectivity index (χ0n) is 14.9.